The van der Waals surface area contributed by atoms with Crippen LogP contribution in [-0.4, -0.2) is 62.5 Å². The Morgan fingerprint density at radius 1 is 1.31 bits per heavy atom. The number of nitrogens with one attached hydrogen (secondary N) is 1. The van der Waals surface area contributed by atoms with Gasteiger partial charge in [0.1, 0.15) is 11.3 Å². The number of hydrogen-bond acceptors (Lipinski definition) is 5. The summed E-state index contributed by atoms with van der Waals surface area (Å²) in [5.74, 6) is -1.78. The minimum atomic E-state index is -1.21. The van der Waals surface area contributed by atoms with E-state index in [1.54, 1.807) is 0 Å². The highest BCUT2D eigenvalue weighted by Crippen LogP contribution is 2.18. The van der Waals surface area contributed by atoms with Crippen molar-refractivity contribution < 1.29 is 19.8 Å². The van der Waals surface area contributed by atoms with Crippen LogP contribution < -0.4 is 5.32 Å². The molecule has 138 valence electrons. The predicted octanol–water partition coefficient (Wildman–Crippen LogP) is 0.267. The van der Waals surface area contributed by atoms with E-state index < -0.39 is 18.0 Å². The smallest absolute Gasteiger partial charge is 0.339 e. The Balaban J connectivity index is 1.53. The number of nitrogens with zero attached hydrogens (tertiary/aromatic N) is 3. The summed E-state index contributed by atoms with van der Waals surface area (Å²) in [7, 11) is 1.50. The standard InChI is InChI=1S/C18H22N4O4/c1-21-16(15(9-20-21)18(25)26)17(24)19-8-14(23)11-22-7-6-12-4-2-3-5-13(12)10-22/h2-5,9,14,23H,6-8,10-11H2,1H3,(H,19,24)(H,25,26)/t14-/m1/s1. The third-order valence-electron chi connectivity index (χ3n) is 4.56. The minimum Gasteiger partial charge on any atom is -0.478 e. The van der Waals surface area contributed by atoms with Gasteiger partial charge in [0, 0.05) is 33.2 Å². The molecule has 0 saturated heterocycles. The summed E-state index contributed by atoms with van der Waals surface area (Å²) in [6.45, 7) is 2.10. The molecule has 0 radical (unpaired) electrons. The molecule has 3 N–H and O–H groups in total. The predicted molar refractivity (Wildman–Crippen MR) is 93.9 cm³/mol. The number of β-amino-alcohol motifs (C(OH)–C–C–N with tert-alkyl or cyclic N) is 1. The number of carboxylic acid groups (broad SMARTS) is 1. The maximum atomic E-state index is 12.3. The number of rotatable bonds is 6. The number of carbonyl (C=O) groups excluding carboxylic acids is 1. The van der Waals surface area contributed by atoms with Gasteiger partial charge in [0.05, 0.1) is 12.3 Å². The van der Waals surface area contributed by atoms with E-state index in [9.17, 15) is 14.7 Å². The SMILES string of the molecule is Cn1ncc(C(=O)O)c1C(=O)NC[C@@H](O)CN1CCc2ccccc2C1. The van der Waals surface area contributed by atoms with Crippen LogP contribution in [0.25, 0.3) is 0 Å². The van der Waals surface area contributed by atoms with Crippen LogP contribution in [0.2, 0.25) is 0 Å². The second kappa shape index (κ2) is 7.67. The fraction of sp³-hybridized carbons (Fsp3) is 0.389. The van der Waals surface area contributed by atoms with Crippen LogP contribution in [0.5, 0.6) is 0 Å². The molecule has 1 amide bonds. The van der Waals surface area contributed by atoms with Gasteiger partial charge in [0.2, 0.25) is 0 Å². The molecule has 1 aliphatic rings. The van der Waals surface area contributed by atoms with Gasteiger partial charge >= 0.3 is 5.97 Å². The zero-order valence-corrected chi connectivity index (χ0v) is 14.6. The first-order chi connectivity index (χ1) is 12.5. The molecule has 1 atom stereocenters. The molecule has 2 aromatic rings. The van der Waals surface area contributed by atoms with Crippen molar-refractivity contribution in [3.8, 4) is 0 Å². The van der Waals surface area contributed by atoms with E-state index in [0.717, 1.165) is 25.7 Å². The van der Waals surface area contributed by atoms with Crippen LogP contribution in [-0.2, 0) is 20.0 Å². The molecular weight excluding hydrogens is 336 g/mol. The highest BCUT2D eigenvalue weighted by Gasteiger charge is 2.23. The van der Waals surface area contributed by atoms with Crippen LogP contribution in [0.3, 0.4) is 0 Å². The number of aliphatic hydroxyl groups is 1. The van der Waals surface area contributed by atoms with Crippen molar-refractivity contribution in [1.82, 2.24) is 20.0 Å². The number of carbonyl (C=O) groups is 2. The molecule has 1 aromatic carbocycles. The van der Waals surface area contributed by atoms with Gasteiger partial charge in [0.15, 0.2) is 0 Å². The normalized spacial score (nSPS) is 15.3. The van der Waals surface area contributed by atoms with Crippen LogP contribution in [0, 0.1) is 0 Å². The van der Waals surface area contributed by atoms with Crippen LogP contribution in [0.4, 0.5) is 0 Å². The number of carboxylic acids is 1. The van der Waals surface area contributed by atoms with Crippen molar-refractivity contribution in [3.05, 3.63) is 52.8 Å². The summed E-state index contributed by atoms with van der Waals surface area (Å²) in [6, 6.07) is 8.25. The third kappa shape index (κ3) is 3.92. The molecule has 1 aliphatic heterocycles. The van der Waals surface area contributed by atoms with E-state index in [2.05, 4.69) is 27.4 Å². The Morgan fingerprint density at radius 2 is 2.04 bits per heavy atom. The first kappa shape index (κ1) is 18.1. The largest absolute Gasteiger partial charge is 0.478 e. The van der Waals surface area contributed by atoms with E-state index in [-0.39, 0.29) is 17.8 Å². The number of fused-ring (bicyclic) bond motifs is 1. The van der Waals surface area contributed by atoms with E-state index in [4.69, 9.17) is 5.11 Å². The highest BCUT2D eigenvalue weighted by atomic mass is 16.4. The fourth-order valence-electron chi connectivity index (χ4n) is 3.23. The van der Waals surface area contributed by atoms with Crippen molar-refractivity contribution in [1.29, 1.82) is 0 Å². The molecule has 0 fully saturated rings. The number of aromatic nitrogens is 2. The highest BCUT2D eigenvalue weighted by molar-refractivity contribution is 6.03. The van der Waals surface area contributed by atoms with Crippen molar-refractivity contribution in [3.63, 3.8) is 0 Å². The molecule has 3 rings (SSSR count). The van der Waals surface area contributed by atoms with E-state index in [1.807, 2.05) is 12.1 Å². The van der Waals surface area contributed by atoms with Crippen LogP contribution in [0.1, 0.15) is 32.0 Å². The second-order valence-corrected chi connectivity index (χ2v) is 6.45. The van der Waals surface area contributed by atoms with Gasteiger partial charge in [-0.2, -0.15) is 5.10 Å². The molecule has 0 bridgehead atoms. The van der Waals surface area contributed by atoms with Crippen molar-refractivity contribution in [2.45, 2.75) is 19.1 Å². The molecule has 26 heavy (non-hydrogen) atoms. The first-order valence-electron chi connectivity index (χ1n) is 8.46. The zero-order valence-electron chi connectivity index (χ0n) is 14.6. The van der Waals surface area contributed by atoms with Gasteiger partial charge in [0.25, 0.3) is 5.91 Å². The molecule has 0 saturated carbocycles. The Labute approximate surface area is 151 Å². The third-order valence-corrected chi connectivity index (χ3v) is 4.56. The number of hydrogen-bond donors (Lipinski definition) is 3. The summed E-state index contributed by atoms with van der Waals surface area (Å²) in [4.78, 5) is 25.5. The van der Waals surface area contributed by atoms with Gasteiger partial charge in [-0.25, -0.2) is 4.79 Å². The zero-order chi connectivity index (χ0) is 18.7. The van der Waals surface area contributed by atoms with E-state index in [0.29, 0.717) is 6.54 Å². The number of aromatic carboxylic acids is 1. The Hall–Kier alpha value is -2.71. The summed E-state index contributed by atoms with van der Waals surface area (Å²) in [5, 5.41) is 25.8. The quantitative estimate of drug-likeness (QED) is 0.684. The molecule has 0 spiro atoms. The Kier molecular flexibility index (Phi) is 5.34. The van der Waals surface area contributed by atoms with Crippen molar-refractivity contribution >= 4 is 11.9 Å². The topological polar surface area (TPSA) is 108 Å². The monoisotopic (exact) mass is 358 g/mol. The van der Waals surface area contributed by atoms with Crippen molar-refractivity contribution in [2.75, 3.05) is 19.6 Å². The molecule has 0 aliphatic carbocycles. The molecular formula is C18H22N4O4. The maximum Gasteiger partial charge on any atom is 0.339 e. The van der Waals surface area contributed by atoms with E-state index in [1.165, 1.54) is 22.9 Å². The summed E-state index contributed by atoms with van der Waals surface area (Å²) in [5.41, 5.74) is 2.41. The summed E-state index contributed by atoms with van der Waals surface area (Å²) >= 11 is 0. The molecule has 8 heteroatoms. The number of aliphatic hydroxyl groups excluding tert-OH is 1. The van der Waals surface area contributed by atoms with Gasteiger partial charge in [-0.05, 0) is 17.5 Å². The van der Waals surface area contributed by atoms with Gasteiger partial charge in [-0.15, -0.1) is 0 Å². The molecule has 0 unspecified atom stereocenters. The fourth-order valence-corrected chi connectivity index (χ4v) is 3.23. The lowest BCUT2D eigenvalue weighted by Gasteiger charge is -2.30. The Bertz CT molecular complexity index is 817. The number of amides is 1. The average molecular weight is 358 g/mol. The van der Waals surface area contributed by atoms with Gasteiger partial charge in [-0.1, -0.05) is 24.3 Å². The minimum absolute atomic E-state index is 0.0309. The van der Waals surface area contributed by atoms with Gasteiger partial charge < -0.3 is 15.5 Å². The average Bonchev–Trinajstić information content (AvgIpc) is 3.01. The summed E-state index contributed by atoms with van der Waals surface area (Å²) < 4.78 is 1.22. The lowest BCUT2D eigenvalue weighted by Crippen LogP contribution is -2.42. The van der Waals surface area contributed by atoms with Crippen molar-refractivity contribution in [2.24, 2.45) is 7.05 Å². The number of benzene rings is 1. The maximum absolute atomic E-state index is 12.3. The molecule has 1 aromatic heterocycles. The van der Waals surface area contributed by atoms with Crippen LogP contribution >= 0.6 is 0 Å². The lowest BCUT2D eigenvalue weighted by atomic mass is 10.00. The summed E-state index contributed by atoms with van der Waals surface area (Å²) in [6.07, 6.45) is 1.33. The number of aryl methyl sites for hydroxylation is 1. The molecule has 2 heterocycles. The van der Waals surface area contributed by atoms with Gasteiger partial charge in [-0.3, -0.25) is 14.4 Å². The molecule has 8 nitrogen and oxygen atoms in total. The lowest BCUT2D eigenvalue weighted by molar-refractivity contribution is 0.0688. The Morgan fingerprint density at radius 3 is 2.77 bits per heavy atom. The van der Waals surface area contributed by atoms with E-state index >= 15 is 0 Å². The first-order valence-corrected chi connectivity index (χ1v) is 8.46. The van der Waals surface area contributed by atoms with Crippen LogP contribution in [0.15, 0.2) is 30.5 Å². The second-order valence-electron chi connectivity index (χ2n) is 6.45.